The molecule has 6 nitrogen and oxygen atoms in total. The largest absolute Gasteiger partial charge is 0.395 e. The normalized spacial score (nSPS) is 18.1. The second-order valence-electron chi connectivity index (χ2n) is 9.19. The number of fused-ring (bicyclic) bond motifs is 1. The molecule has 4 rings (SSSR count). The molecule has 3 heterocycles. The maximum atomic E-state index is 13.5. The van der Waals surface area contributed by atoms with Crippen molar-refractivity contribution < 1.29 is 14.2 Å². The van der Waals surface area contributed by atoms with E-state index in [1.165, 1.54) is 6.07 Å². The van der Waals surface area contributed by atoms with Crippen LogP contribution in [0.3, 0.4) is 0 Å². The number of thioether (sulfide) groups is 1. The number of piperazine rings is 1. The highest BCUT2D eigenvalue weighted by Crippen LogP contribution is 2.39. The first-order valence-electron chi connectivity index (χ1n) is 11.5. The maximum absolute atomic E-state index is 13.5. The summed E-state index contributed by atoms with van der Waals surface area (Å²) in [6.07, 6.45) is 1.37. The van der Waals surface area contributed by atoms with Crippen LogP contribution in [0, 0.1) is 17.1 Å². The molecule has 0 bridgehead atoms. The summed E-state index contributed by atoms with van der Waals surface area (Å²) in [5.74, 6) is 1.40. The predicted molar refractivity (Wildman–Crippen MR) is 128 cm³/mol. The van der Waals surface area contributed by atoms with Gasteiger partial charge in [0.25, 0.3) is 0 Å². The van der Waals surface area contributed by atoms with Gasteiger partial charge >= 0.3 is 0 Å². The standard InChI is InChI=1S/C25H31FN4O2S/c1-25(2)15-20-21(16-27)24(33-13-6-18-4-3-5-19(26)14-18)28-23(22(20)17-32-25)30-9-7-29(8-10-30)11-12-31/h3-5,14,31H,6-13,15,17H2,1-2H3. The fourth-order valence-electron chi connectivity index (χ4n) is 4.49. The first-order chi connectivity index (χ1) is 15.9. The molecule has 0 spiro atoms. The quantitative estimate of drug-likeness (QED) is 0.622. The van der Waals surface area contributed by atoms with Crippen molar-refractivity contribution >= 4 is 17.6 Å². The lowest BCUT2D eigenvalue weighted by Crippen LogP contribution is -2.48. The number of rotatable bonds is 7. The molecule has 0 aliphatic carbocycles. The van der Waals surface area contributed by atoms with Crippen LogP contribution in [0.15, 0.2) is 29.3 Å². The minimum absolute atomic E-state index is 0.166. The maximum Gasteiger partial charge on any atom is 0.135 e. The number of halogens is 1. The van der Waals surface area contributed by atoms with Crippen LogP contribution in [0.5, 0.6) is 0 Å². The lowest BCUT2D eigenvalue weighted by atomic mass is 9.89. The minimum Gasteiger partial charge on any atom is -0.395 e. The molecule has 1 saturated heterocycles. The highest BCUT2D eigenvalue weighted by Gasteiger charge is 2.33. The summed E-state index contributed by atoms with van der Waals surface area (Å²) in [7, 11) is 0. The van der Waals surface area contributed by atoms with E-state index in [1.807, 2.05) is 6.07 Å². The van der Waals surface area contributed by atoms with Gasteiger partial charge in [0, 0.05) is 50.5 Å². The molecule has 176 valence electrons. The van der Waals surface area contributed by atoms with E-state index in [9.17, 15) is 14.8 Å². The van der Waals surface area contributed by atoms with Crippen molar-refractivity contribution in [3.8, 4) is 6.07 Å². The fraction of sp³-hybridized carbons (Fsp3) is 0.520. The Balaban J connectivity index is 1.61. The molecule has 33 heavy (non-hydrogen) atoms. The molecule has 1 fully saturated rings. The Hall–Kier alpha value is -2.18. The van der Waals surface area contributed by atoms with E-state index in [0.717, 1.165) is 53.7 Å². The highest BCUT2D eigenvalue weighted by atomic mass is 32.2. The van der Waals surface area contributed by atoms with Gasteiger partial charge in [0.1, 0.15) is 22.7 Å². The van der Waals surface area contributed by atoms with Crippen LogP contribution in [-0.4, -0.2) is 65.7 Å². The molecular weight excluding hydrogens is 439 g/mol. The van der Waals surface area contributed by atoms with Crippen LogP contribution < -0.4 is 4.90 Å². The Bertz CT molecular complexity index is 1030. The summed E-state index contributed by atoms with van der Waals surface area (Å²) in [5, 5.41) is 20.0. The molecule has 0 saturated carbocycles. The summed E-state index contributed by atoms with van der Waals surface area (Å²) in [6, 6.07) is 9.08. The van der Waals surface area contributed by atoms with Crippen molar-refractivity contribution in [2.45, 2.75) is 43.9 Å². The molecule has 0 amide bonds. The third kappa shape index (κ3) is 5.67. The van der Waals surface area contributed by atoms with Crippen molar-refractivity contribution in [1.82, 2.24) is 9.88 Å². The van der Waals surface area contributed by atoms with Crippen LogP contribution >= 0.6 is 11.8 Å². The number of anilines is 1. The first kappa shape index (κ1) is 24.0. The number of nitriles is 1. The average molecular weight is 471 g/mol. The highest BCUT2D eigenvalue weighted by molar-refractivity contribution is 7.99. The lowest BCUT2D eigenvalue weighted by Gasteiger charge is -2.39. The smallest absolute Gasteiger partial charge is 0.135 e. The number of aromatic nitrogens is 1. The van der Waals surface area contributed by atoms with Crippen molar-refractivity contribution in [3.63, 3.8) is 0 Å². The van der Waals surface area contributed by atoms with Gasteiger partial charge in [-0.1, -0.05) is 12.1 Å². The first-order valence-corrected chi connectivity index (χ1v) is 12.4. The number of aryl methyl sites for hydroxylation is 1. The zero-order chi connectivity index (χ0) is 23.4. The zero-order valence-corrected chi connectivity index (χ0v) is 20.1. The van der Waals surface area contributed by atoms with Crippen LogP contribution in [-0.2, 0) is 24.2 Å². The zero-order valence-electron chi connectivity index (χ0n) is 19.3. The Labute approximate surface area is 199 Å². The van der Waals surface area contributed by atoms with Crippen LogP contribution in [0.2, 0.25) is 0 Å². The third-order valence-electron chi connectivity index (χ3n) is 6.29. The minimum atomic E-state index is -0.333. The number of nitrogens with zero attached hydrogens (tertiary/aromatic N) is 4. The molecule has 0 atom stereocenters. The van der Waals surface area contributed by atoms with Crippen LogP contribution in [0.1, 0.15) is 36.1 Å². The van der Waals surface area contributed by atoms with E-state index in [1.54, 1.807) is 23.9 Å². The summed E-state index contributed by atoms with van der Waals surface area (Å²) < 4.78 is 19.6. The Morgan fingerprint density at radius 1 is 1.24 bits per heavy atom. The van der Waals surface area contributed by atoms with E-state index in [-0.39, 0.29) is 18.0 Å². The van der Waals surface area contributed by atoms with Crippen molar-refractivity contribution in [2.24, 2.45) is 0 Å². The molecular formula is C25H31FN4O2S. The summed E-state index contributed by atoms with van der Waals surface area (Å²) in [4.78, 5) is 9.53. The molecule has 1 aromatic carbocycles. The molecule has 2 aliphatic heterocycles. The molecule has 1 N–H and O–H groups in total. The van der Waals surface area contributed by atoms with Gasteiger partial charge in [-0.15, -0.1) is 11.8 Å². The second kappa shape index (κ2) is 10.4. The summed E-state index contributed by atoms with van der Waals surface area (Å²) in [5.41, 5.74) is 3.32. The predicted octanol–water partition coefficient (Wildman–Crippen LogP) is 3.39. The van der Waals surface area contributed by atoms with Gasteiger partial charge in [-0.2, -0.15) is 5.26 Å². The summed E-state index contributed by atoms with van der Waals surface area (Å²) >= 11 is 1.57. The molecule has 2 aromatic rings. The van der Waals surface area contributed by atoms with Gasteiger partial charge in [-0.25, -0.2) is 9.37 Å². The van der Waals surface area contributed by atoms with Crippen molar-refractivity contribution in [3.05, 3.63) is 52.3 Å². The van der Waals surface area contributed by atoms with Gasteiger partial charge in [0.05, 0.1) is 24.4 Å². The van der Waals surface area contributed by atoms with Crippen LogP contribution in [0.4, 0.5) is 10.2 Å². The number of hydrogen-bond donors (Lipinski definition) is 1. The number of pyridine rings is 1. The van der Waals surface area contributed by atoms with Gasteiger partial charge in [0.15, 0.2) is 0 Å². The number of ether oxygens (including phenoxy) is 1. The van der Waals surface area contributed by atoms with E-state index >= 15 is 0 Å². The van der Waals surface area contributed by atoms with Gasteiger partial charge < -0.3 is 14.7 Å². The number of hydrogen-bond acceptors (Lipinski definition) is 7. The average Bonchev–Trinajstić information content (AvgIpc) is 2.79. The number of benzene rings is 1. The third-order valence-corrected chi connectivity index (χ3v) is 7.26. The topological polar surface area (TPSA) is 72.6 Å². The SMILES string of the molecule is CC1(C)Cc2c(C#N)c(SCCc3cccc(F)c3)nc(N3CCN(CCO)CC3)c2CO1. The lowest BCUT2D eigenvalue weighted by molar-refractivity contribution is -0.0402. The molecule has 2 aliphatic rings. The summed E-state index contributed by atoms with van der Waals surface area (Å²) in [6.45, 7) is 8.79. The van der Waals surface area contributed by atoms with E-state index in [0.29, 0.717) is 37.3 Å². The van der Waals surface area contributed by atoms with Crippen molar-refractivity contribution in [1.29, 1.82) is 5.26 Å². The van der Waals surface area contributed by atoms with Crippen LogP contribution in [0.25, 0.3) is 0 Å². The fourth-order valence-corrected chi connectivity index (χ4v) is 5.48. The van der Waals surface area contributed by atoms with E-state index in [2.05, 4.69) is 29.7 Å². The molecule has 0 radical (unpaired) electrons. The van der Waals surface area contributed by atoms with E-state index in [4.69, 9.17) is 9.72 Å². The van der Waals surface area contributed by atoms with Gasteiger partial charge in [0.2, 0.25) is 0 Å². The number of β-amino-alcohol motifs (C(OH)–C–C–N with tert-alkyl or cyclic N) is 1. The Morgan fingerprint density at radius 2 is 2.03 bits per heavy atom. The molecule has 1 aromatic heterocycles. The van der Waals surface area contributed by atoms with Gasteiger partial charge in [-0.3, -0.25) is 4.90 Å². The monoisotopic (exact) mass is 470 g/mol. The number of aliphatic hydroxyl groups excluding tert-OH is 1. The Morgan fingerprint density at radius 3 is 2.73 bits per heavy atom. The van der Waals surface area contributed by atoms with Gasteiger partial charge in [-0.05, 0) is 43.5 Å². The number of aliphatic hydroxyl groups is 1. The van der Waals surface area contributed by atoms with E-state index < -0.39 is 0 Å². The van der Waals surface area contributed by atoms with Crippen molar-refractivity contribution in [2.75, 3.05) is 50.0 Å². The molecule has 0 unspecified atom stereocenters. The molecule has 8 heteroatoms. The Kier molecular flexibility index (Phi) is 7.55. The second-order valence-corrected chi connectivity index (χ2v) is 10.3.